The van der Waals surface area contributed by atoms with Crippen molar-refractivity contribution in [3.8, 4) is 0 Å². The molecule has 0 radical (unpaired) electrons. The van der Waals surface area contributed by atoms with Crippen LogP contribution in [0.1, 0.15) is 72.7 Å². The van der Waals surface area contributed by atoms with Crippen LogP contribution in [-0.2, 0) is 18.8 Å². The lowest BCUT2D eigenvalue weighted by Crippen LogP contribution is -2.54. The number of amides is 2. The number of benzene rings is 1. The molecule has 1 aromatic carbocycles. The van der Waals surface area contributed by atoms with E-state index in [0.29, 0.717) is 16.7 Å². The first-order valence-electron chi connectivity index (χ1n) is 13.4. The Labute approximate surface area is 222 Å². The van der Waals surface area contributed by atoms with Gasteiger partial charge in [0.15, 0.2) is 0 Å². The number of hydrogen-bond acceptors (Lipinski definition) is 7. The number of H-pyrrole nitrogens is 1. The Balaban J connectivity index is 1.47. The van der Waals surface area contributed by atoms with Crippen LogP contribution >= 0.6 is 0 Å². The Hall–Kier alpha value is -2.92. The van der Waals surface area contributed by atoms with Gasteiger partial charge >= 0.3 is 13.2 Å². The van der Waals surface area contributed by atoms with E-state index in [2.05, 4.69) is 10.3 Å². The molecule has 11 heteroatoms. The molecule has 5 rings (SSSR count). The molecule has 4 atom stereocenters. The standard InChI is InChI=1S/C27H37BN4O6/c1-14(2)20(30-25(35)36-7)24(34)32-17-10-8-15(12-17)21(32)22-29-19-11-9-16(13-18(19)23(33)31-22)28-37-26(3,4)27(5,6)38-28/h9,11,13-15,17,20-21H,8,10,12H2,1-7H3,(H,30,35)(H,29,31,33)/t15-,17+,20-,21-/m0/s1. The molecular formula is C27H37BN4O6. The lowest BCUT2D eigenvalue weighted by atomic mass is 9.78. The van der Waals surface area contributed by atoms with Gasteiger partial charge in [0, 0.05) is 6.04 Å². The SMILES string of the molecule is COC(=O)N[C@H](C(=O)N1[C@@H]2CC[C@@H](C2)[C@H]1c1nc2ccc(B3OC(C)(C)C(C)(C)O3)cc2c(=O)[nH]1)C(C)C. The van der Waals surface area contributed by atoms with Crippen molar-refractivity contribution in [2.75, 3.05) is 7.11 Å². The minimum atomic E-state index is -0.737. The van der Waals surface area contributed by atoms with Crippen molar-refractivity contribution in [2.45, 2.75) is 90.1 Å². The number of likely N-dealkylation sites (tertiary alicyclic amines) is 1. The second-order valence-electron chi connectivity index (χ2n) is 12.1. The molecule has 204 valence electrons. The van der Waals surface area contributed by atoms with Crippen molar-refractivity contribution < 1.29 is 23.6 Å². The summed E-state index contributed by atoms with van der Waals surface area (Å²) in [6, 6.07) is 4.40. The van der Waals surface area contributed by atoms with Crippen LogP contribution < -0.4 is 16.3 Å². The molecule has 3 fully saturated rings. The first-order valence-corrected chi connectivity index (χ1v) is 13.4. The quantitative estimate of drug-likeness (QED) is 0.577. The maximum absolute atomic E-state index is 13.8. The molecule has 10 nitrogen and oxygen atoms in total. The van der Waals surface area contributed by atoms with Crippen molar-refractivity contribution in [2.24, 2.45) is 11.8 Å². The molecule has 2 bridgehead atoms. The average Bonchev–Trinajstić information content (AvgIpc) is 3.53. The molecule has 2 amide bonds. The van der Waals surface area contributed by atoms with Gasteiger partial charge in [-0.05, 0) is 76.4 Å². The lowest BCUT2D eigenvalue weighted by Gasteiger charge is -2.37. The topological polar surface area (TPSA) is 123 Å². The van der Waals surface area contributed by atoms with Crippen LogP contribution in [0, 0.1) is 11.8 Å². The summed E-state index contributed by atoms with van der Waals surface area (Å²) in [6.07, 6.45) is 2.05. The van der Waals surface area contributed by atoms with Crippen LogP contribution in [0.2, 0.25) is 0 Å². The predicted molar refractivity (Wildman–Crippen MR) is 143 cm³/mol. The van der Waals surface area contributed by atoms with Crippen molar-refractivity contribution in [1.29, 1.82) is 0 Å². The average molecular weight is 524 g/mol. The van der Waals surface area contributed by atoms with Gasteiger partial charge in [0.1, 0.15) is 11.9 Å². The number of nitrogens with one attached hydrogen (secondary N) is 2. The van der Waals surface area contributed by atoms with Crippen molar-refractivity contribution in [1.82, 2.24) is 20.2 Å². The maximum atomic E-state index is 13.8. The van der Waals surface area contributed by atoms with E-state index in [1.807, 2.05) is 58.6 Å². The van der Waals surface area contributed by atoms with Gasteiger partial charge < -0.3 is 29.2 Å². The predicted octanol–water partition coefficient (Wildman–Crippen LogP) is 2.65. The van der Waals surface area contributed by atoms with Gasteiger partial charge in [0.05, 0.1) is 35.3 Å². The largest absolute Gasteiger partial charge is 0.494 e. The van der Waals surface area contributed by atoms with E-state index in [9.17, 15) is 14.4 Å². The van der Waals surface area contributed by atoms with Gasteiger partial charge in [-0.3, -0.25) is 9.59 Å². The van der Waals surface area contributed by atoms with Crippen molar-refractivity contribution >= 4 is 35.5 Å². The van der Waals surface area contributed by atoms with Gasteiger partial charge in [0.25, 0.3) is 5.56 Å². The highest BCUT2D eigenvalue weighted by Crippen LogP contribution is 2.49. The van der Waals surface area contributed by atoms with Crippen LogP contribution in [-0.4, -0.2) is 64.4 Å². The summed E-state index contributed by atoms with van der Waals surface area (Å²) >= 11 is 0. The number of aromatic nitrogens is 2. The molecule has 1 aliphatic carbocycles. The van der Waals surface area contributed by atoms with Gasteiger partial charge in [-0.1, -0.05) is 19.9 Å². The number of alkyl carbamates (subject to hydrolysis) is 1. The fourth-order valence-electron chi connectivity index (χ4n) is 5.96. The summed E-state index contributed by atoms with van der Waals surface area (Å²) in [6.45, 7) is 11.7. The smallest absolute Gasteiger partial charge is 0.453 e. The van der Waals surface area contributed by atoms with Crippen LogP contribution in [0.3, 0.4) is 0 Å². The van der Waals surface area contributed by atoms with E-state index in [4.69, 9.17) is 19.0 Å². The fraction of sp³-hybridized carbons (Fsp3) is 0.630. The van der Waals surface area contributed by atoms with Gasteiger partial charge in [0.2, 0.25) is 5.91 Å². The monoisotopic (exact) mass is 524 g/mol. The van der Waals surface area contributed by atoms with Gasteiger partial charge in [-0.15, -0.1) is 0 Å². The molecule has 38 heavy (non-hydrogen) atoms. The van der Waals surface area contributed by atoms with Gasteiger partial charge in [-0.2, -0.15) is 0 Å². The zero-order chi connectivity index (χ0) is 27.6. The fourth-order valence-corrected chi connectivity index (χ4v) is 5.96. The summed E-state index contributed by atoms with van der Waals surface area (Å²) in [5.74, 6) is 0.353. The Kier molecular flexibility index (Phi) is 6.58. The number of aromatic amines is 1. The van der Waals surface area contributed by atoms with E-state index in [-0.39, 0.29) is 35.4 Å². The summed E-state index contributed by atoms with van der Waals surface area (Å²) in [5.41, 5.74) is 0.0471. The first kappa shape index (κ1) is 26.7. The molecule has 3 heterocycles. The number of carbonyl (C=O) groups excluding carboxylic acids is 2. The minimum Gasteiger partial charge on any atom is -0.453 e. The normalized spacial score (nSPS) is 26.3. The van der Waals surface area contributed by atoms with Crippen molar-refractivity contribution in [3.63, 3.8) is 0 Å². The molecule has 0 spiro atoms. The molecule has 2 aliphatic heterocycles. The number of piperidine rings is 1. The molecule has 1 aromatic heterocycles. The number of rotatable bonds is 5. The number of ether oxygens (including phenoxy) is 1. The van der Waals surface area contributed by atoms with E-state index in [1.165, 1.54) is 7.11 Å². The van der Waals surface area contributed by atoms with Gasteiger partial charge in [-0.25, -0.2) is 9.78 Å². The summed E-state index contributed by atoms with van der Waals surface area (Å²) in [4.78, 5) is 48.7. The highest BCUT2D eigenvalue weighted by Gasteiger charge is 2.53. The minimum absolute atomic E-state index is 0.0462. The Morgan fingerprint density at radius 2 is 1.87 bits per heavy atom. The Morgan fingerprint density at radius 3 is 2.50 bits per heavy atom. The number of carbonyl (C=O) groups is 2. The first-order chi connectivity index (χ1) is 17.8. The number of methoxy groups -OCH3 is 1. The Bertz CT molecular complexity index is 1310. The van der Waals surface area contributed by atoms with E-state index in [0.717, 1.165) is 24.7 Å². The van der Waals surface area contributed by atoms with Crippen molar-refractivity contribution in [3.05, 3.63) is 34.4 Å². The molecule has 3 aliphatic rings. The molecule has 2 saturated heterocycles. The van der Waals surface area contributed by atoms with E-state index < -0.39 is 30.5 Å². The molecule has 2 aromatic rings. The number of fused-ring (bicyclic) bond motifs is 3. The molecule has 1 saturated carbocycles. The van der Waals surface area contributed by atoms with E-state index >= 15 is 0 Å². The molecule has 0 unspecified atom stereocenters. The summed E-state index contributed by atoms with van der Waals surface area (Å²) in [7, 11) is 0.692. The second-order valence-corrected chi connectivity index (χ2v) is 12.1. The zero-order valence-corrected chi connectivity index (χ0v) is 23.2. The maximum Gasteiger partial charge on any atom is 0.494 e. The third kappa shape index (κ3) is 4.39. The highest BCUT2D eigenvalue weighted by molar-refractivity contribution is 6.62. The third-order valence-corrected chi connectivity index (χ3v) is 8.78. The highest BCUT2D eigenvalue weighted by atomic mass is 16.7. The summed E-state index contributed by atoms with van der Waals surface area (Å²) in [5, 5.41) is 3.13. The molecule has 2 N–H and O–H groups in total. The third-order valence-electron chi connectivity index (χ3n) is 8.78. The Morgan fingerprint density at radius 1 is 1.18 bits per heavy atom. The van der Waals surface area contributed by atoms with E-state index in [1.54, 1.807) is 6.07 Å². The van der Waals surface area contributed by atoms with Crippen LogP contribution in [0.5, 0.6) is 0 Å². The number of nitrogens with zero attached hydrogens (tertiary/aromatic N) is 2. The number of hydrogen-bond donors (Lipinski definition) is 2. The van der Waals surface area contributed by atoms with Crippen LogP contribution in [0.4, 0.5) is 4.79 Å². The lowest BCUT2D eigenvalue weighted by molar-refractivity contribution is -0.139. The second kappa shape index (κ2) is 9.38. The zero-order valence-electron chi connectivity index (χ0n) is 23.2. The molecular weight excluding hydrogens is 487 g/mol. The summed E-state index contributed by atoms with van der Waals surface area (Å²) < 4.78 is 17.1. The van der Waals surface area contributed by atoms with Crippen LogP contribution in [0.15, 0.2) is 23.0 Å². The van der Waals surface area contributed by atoms with Crippen LogP contribution in [0.25, 0.3) is 10.9 Å².